The molecule has 0 saturated heterocycles. The van der Waals surface area contributed by atoms with Gasteiger partial charge in [-0.05, 0) is 30.3 Å². The topological polar surface area (TPSA) is 67.8 Å². The summed E-state index contributed by atoms with van der Waals surface area (Å²) < 4.78 is 17.5. The van der Waals surface area contributed by atoms with Crippen molar-refractivity contribution in [1.29, 1.82) is 5.26 Å². The van der Waals surface area contributed by atoms with Crippen LogP contribution in [0.3, 0.4) is 0 Å². The fourth-order valence-electron chi connectivity index (χ4n) is 3.89. The minimum Gasteiger partial charge on any atom is -0.333 e. The van der Waals surface area contributed by atoms with E-state index in [0.717, 1.165) is 0 Å². The fraction of sp³-hybridized carbons (Fsp3) is 0.0455. The first-order valence-corrected chi connectivity index (χ1v) is 8.67. The quantitative estimate of drug-likeness (QED) is 0.478. The summed E-state index contributed by atoms with van der Waals surface area (Å²) >= 11 is 0. The second-order valence-corrected chi connectivity index (χ2v) is 6.61. The van der Waals surface area contributed by atoms with Crippen LogP contribution in [-0.2, 0) is 6.54 Å². The van der Waals surface area contributed by atoms with E-state index in [1.54, 1.807) is 59.3 Å². The van der Waals surface area contributed by atoms with Crippen LogP contribution in [0.5, 0.6) is 0 Å². The van der Waals surface area contributed by atoms with E-state index in [0.29, 0.717) is 28.0 Å². The van der Waals surface area contributed by atoms with Crippen molar-refractivity contribution in [2.45, 2.75) is 6.54 Å². The molecule has 0 saturated carbocycles. The number of para-hydroxylation sites is 1. The highest BCUT2D eigenvalue weighted by molar-refractivity contribution is 6.10. The van der Waals surface area contributed by atoms with Crippen molar-refractivity contribution >= 4 is 16.8 Å². The Morgan fingerprint density at radius 3 is 2.61 bits per heavy atom. The molecule has 0 N–H and O–H groups in total. The molecule has 1 aliphatic rings. The number of carbonyl (C=O) groups excluding carboxylic acids is 1. The minimum absolute atomic E-state index is 0.0505. The third-order valence-corrected chi connectivity index (χ3v) is 5.12. The molecule has 0 amide bonds. The minimum atomic E-state index is -0.416. The van der Waals surface area contributed by atoms with Gasteiger partial charge in [0.25, 0.3) is 5.91 Å². The zero-order chi connectivity index (χ0) is 19.4. The fourth-order valence-corrected chi connectivity index (χ4v) is 3.89. The van der Waals surface area contributed by atoms with E-state index < -0.39 is 17.2 Å². The van der Waals surface area contributed by atoms with E-state index in [4.69, 9.17) is 0 Å². The highest BCUT2D eigenvalue weighted by atomic mass is 19.1. The summed E-state index contributed by atoms with van der Waals surface area (Å²) in [6.07, 6.45) is 1.60. The lowest BCUT2D eigenvalue weighted by molar-refractivity contribution is 0.0968. The van der Waals surface area contributed by atoms with Crippen LogP contribution in [0, 0.1) is 17.1 Å². The van der Waals surface area contributed by atoms with Gasteiger partial charge in [-0.3, -0.25) is 14.2 Å². The SMILES string of the molecule is N#Cc1cccc2c(=O)c3c(n(Cc4ccccc4F)c12)-c1cccn1C3=O. The maximum atomic E-state index is 14.4. The van der Waals surface area contributed by atoms with E-state index >= 15 is 0 Å². The van der Waals surface area contributed by atoms with Gasteiger partial charge in [0.2, 0.25) is 5.43 Å². The van der Waals surface area contributed by atoms with Crippen molar-refractivity contribution in [3.05, 3.63) is 93.5 Å². The van der Waals surface area contributed by atoms with Gasteiger partial charge >= 0.3 is 0 Å². The number of halogens is 1. The molecule has 6 heteroatoms. The summed E-state index contributed by atoms with van der Waals surface area (Å²) in [6, 6.07) is 16.7. The third kappa shape index (κ3) is 2.04. The van der Waals surface area contributed by atoms with Gasteiger partial charge in [-0.2, -0.15) is 5.26 Å². The Kier molecular flexibility index (Phi) is 3.34. The van der Waals surface area contributed by atoms with Gasteiger partial charge in [-0.1, -0.05) is 24.3 Å². The lowest BCUT2D eigenvalue weighted by atomic mass is 10.0. The first-order chi connectivity index (χ1) is 13.6. The normalized spacial score (nSPS) is 12.1. The Morgan fingerprint density at radius 1 is 1.00 bits per heavy atom. The van der Waals surface area contributed by atoms with Gasteiger partial charge in [0.05, 0.1) is 29.0 Å². The summed E-state index contributed by atoms with van der Waals surface area (Å²) in [7, 11) is 0. The predicted octanol–water partition coefficient (Wildman–Crippen LogP) is 3.53. The number of benzene rings is 2. The average molecular weight is 369 g/mol. The van der Waals surface area contributed by atoms with E-state index in [2.05, 4.69) is 6.07 Å². The second-order valence-electron chi connectivity index (χ2n) is 6.61. The maximum absolute atomic E-state index is 14.4. The lowest BCUT2D eigenvalue weighted by Crippen LogP contribution is -2.21. The molecule has 134 valence electrons. The summed E-state index contributed by atoms with van der Waals surface area (Å²) in [6.45, 7) is 0.0863. The standard InChI is InChI=1S/C22H12FN3O2/c23-16-8-2-1-5-14(16)12-26-19-13(11-24)6-3-7-15(19)21(27)18-20(26)17-9-4-10-25(17)22(18)28/h1-10H,12H2. The molecule has 0 spiro atoms. The predicted molar refractivity (Wildman–Crippen MR) is 102 cm³/mol. The Hall–Kier alpha value is -3.98. The van der Waals surface area contributed by atoms with E-state index in [1.165, 1.54) is 10.6 Å². The number of nitriles is 1. The summed E-state index contributed by atoms with van der Waals surface area (Å²) in [4.78, 5) is 26.0. The molecule has 4 aromatic rings. The summed E-state index contributed by atoms with van der Waals surface area (Å²) in [5.74, 6) is -0.802. The molecule has 5 rings (SSSR count). The molecule has 0 aliphatic carbocycles. The number of pyridine rings is 1. The molecular formula is C22H12FN3O2. The highest BCUT2D eigenvalue weighted by Gasteiger charge is 2.33. The van der Waals surface area contributed by atoms with Crippen LogP contribution >= 0.6 is 0 Å². The van der Waals surface area contributed by atoms with Gasteiger partial charge in [-0.15, -0.1) is 0 Å². The van der Waals surface area contributed by atoms with Crippen molar-refractivity contribution in [3.8, 4) is 17.5 Å². The Morgan fingerprint density at radius 2 is 1.82 bits per heavy atom. The van der Waals surface area contributed by atoms with Crippen LogP contribution in [-0.4, -0.2) is 15.0 Å². The number of carbonyl (C=O) groups is 1. The molecule has 0 unspecified atom stereocenters. The van der Waals surface area contributed by atoms with Gasteiger partial charge in [0, 0.05) is 17.1 Å². The molecule has 2 aromatic carbocycles. The zero-order valence-corrected chi connectivity index (χ0v) is 14.5. The zero-order valence-electron chi connectivity index (χ0n) is 14.5. The summed E-state index contributed by atoms with van der Waals surface area (Å²) in [5.41, 5.74) is 1.71. The first kappa shape index (κ1) is 16.2. The Labute approximate surface area is 158 Å². The van der Waals surface area contributed by atoms with Gasteiger partial charge in [-0.25, -0.2) is 4.39 Å². The molecule has 0 fully saturated rings. The average Bonchev–Trinajstić information content (AvgIpc) is 3.29. The van der Waals surface area contributed by atoms with Crippen LogP contribution in [0.2, 0.25) is 0 Å². The number of aromatic nitrogens is 2. The first-order valence-electron chi connectivity index (χ1n) is 8.67. The summed E-state index contributed by atoms with van der Waals surface area (Å²) in [5, 5.41) is 9.89. The van der Waals surface area contributed by atoms with Crippen LogP contribution in [0.25, 0.3) is 22.3 Å². The molecule has 28 heavy (non-hydrogen) atoms. The van der Waals surface area contributed by atoms with Crippen molar-refractivity contribution in [3.63, 3.8) is 0 Å². The smallest absolute Gasteiger partial charge is 0.268 e. The number of fused-ring (bicyclic) bond motifs is 4. The molecule has 5 nitrogen and oxygen atoms in total. The molecular weight excluding hydrogens is 357 g/mol. The van der Waals surface area contributed by atoms with Crippen LogP contribution in [0.1, 0.15) is 21.5 Å². The van der Waals surface area contributed by atoms with Crippen LogP contribution < -0.4 is 5.43 Å². The van der Waals surface area contributed by atoms with Crippen molar-refractivity contribution in [2.24, 2.45) is 0 Å². The molecule has 1 aliphatic heterocycles. The van der Waals surface area contributed by atoms with Gasteiger partial charge in [0.1, 0.15) is 17.4 Å². The highest BCUT2D eigenvalue weighted by Crippen LogP contribution is 2.34. The maximum Gasteiger partial charge on any atom is 0.268 e. The molecule has 3 heterocycles. The van der Waals surface area contributed by atoms with E-state index in [1.807, 2.05) is 0 Å². The Bertz CT molecular complexity index is 1410. The number of hydrogen-bond acceptors (Lipinski definition) is 3. The van der Waals surface area contributed by atoms with E-state index in [9.17, 15) is 19.2 Å². The third-order valence-electron chi connectivity index (χ3n) is 5.12. The van der Waals surface area contributed by atoms with Gasteiger partial charge < -0.3 is 4.57 Å². The molecule has 0 radical (unpaired) electrons. The molecule has 0 bridgehead atoms. The second kappa shape index (κ2) is 5.76. The number of nitrogens with zero attached hydrogens (tertiary/aromatic N) is 3. The number of rotatable bonds is 2. The van der Waals surface area contributed by atoms with E-state index in [-0.39, 0.29) is 17.5 Å². The van der Waals surface area contributed by atoms with Crippen molar-refractivity contribution < 1.29 is 9.18 Å². The lowest BCUT2D eigenvalue weighted by Gasteiger charge is -2.17. The molecule has 2 aromatic heterocycles. The monoisotopic (exact) mass is 369 g/mol. The van der Waals surface area contributed by atoms with Gasteiger partial charge in [0.15, 0.2) is 0 Å². The van der Waals surface area contributed by atoms with Crippen molar-refractivity contribution in [2.75, 3.05) is 0 Å². The Balaban J connectivity index is 1.96. The van der Waals surface area contributed by atoms with Crippen molar-refractivity contribution in [1.82, 2.24) is 9.13 Å². The van der Waals surface area contributed by atoms with Crippen LogP contribution in [0.15, 0.2) is 65.6 Å². The largest absolute Gasteiger partial charge is 0.333 e. The number of hydrogen-bond donors (Lipinski definition) is 0. The van der Waals surface area contributed by atoms with Crippen LogP contribution in [0.4, 0.5) is 4.39 Å². The molecule has 0 atom stereocenters.